The van der Waals surface area contributed by atoms with Crippen molar-refractivity contribution in [2.45, 2.75) is 0 Å². The van der Waals surface area contributed by atoms with Crippen LogP contribution in [0.3, 0.4) is 0 Å². The predicted octanol–water partition coefficient (Wildman–Crippen LogP) is 3.82. The first-order chi connectivity index (χ1) is 7.66. The van der Waals surface area contributed by atoms with Gasteiger partial charge >= 0.3 is 0 Å². The van der Waals surface area contributed by atoms with E-state index in [1.165, 1.54) is 0 Å². The maximum absolute atomic E-state index is 6.04. The Balaban J connectivity index is 2.34. The van der Waals surface area contributed by atoms with Gasteiger partial charge < -0.3 is 11.1 Å². The minimum absolute atomic E-state index is 0.603. The molecule has 3 nitrogen and oxygen atoms in total. The van der Waals surface area contributed by atoms with E-state index in [0.717, 1.165) is 10.2 Å². The highest BCUT2D eigenvalue weighted by atomic mass is 79.9. The molecule has 0 amide bonds. The van der Waals surface area contributed by atoms with E-state index in [2.05, 4.69) is 26.2 Å². The van der Waals surface area contributed by atoms with Gasteiger partial charge in [-0.1, -0.05) is 11.6 Å². The zero-order valence-electron chi connectivity index (χ0n) is 8.24. The fourth-order valence-electron chi connectivity index (χ4n) is 1.24. The normalized spacial score (nSPS) is 10.1. The molecule has 3 N–H and O–H groups in total. The standard InChI is InChI=1S/C11H9BrClN3/c12-8-2-1-5-15-11(8)16-10-6-7(14)3-4-9(10)13/h1-6H,14H2,(H,15,16). The van der Waals surface area contributed by atoms with E-state index in [1.54, 1.807) is 24.4 Å². The average Bonchev–Trinajstić information content (AvgIpc) is 2.27. The predicted molar refractivity (Wildman–Crippen MR) is 71.1 cm³/mol. The highest BCUT2D eigenvalue weighted by Crippen LogP contribution is 2.29. The molecular weight excluding hydrogens is 289 g/mol. The van der Waals surface area contributed by atoms with Crippen LogP contribution in [-0.2, 0) is 0 Å². The minimum atomic E-state index is 0.603. The highest BCUT2D eigenvalue weighted by Gasteiger charge is 2.04. The Labute approximate surface area is 107 Å². The molecule has 0 spiro atoms. The zero-order chi connectivity index (χ0) is 11.5. The summed E-state index contributed by atoms with van der Waals surface area (Å²) in [6.07, 6.45) is 1.70. The van der Waals surface area contributed by atoms with Crippen LogP contribution < -0.4 is 11.1 Å². The van der Waals surface area contributed by atoms with E-state index in [1.807, 2.05) is 12.1 Å². The van der Waals surface area contributed by atoms with Crippen LogP contribution in [0, 0.1) is 0 Å². The Morgan fingerprint density at radius 2 is 2.12 bits per heavy atom. The van der Waals surface area contributed by atoms with Crippen molar-refractivity contribution in [1.82, 2.24) is 4.98 Å². The lowest BCUT2D eigenvalue weighted by molar-refractivity contribution is 1.29. The molecule has 82 valence electrons. The highest BCUT2D eigenvalue weighted by molar-refractivity contribution is 9.10. The van der Waals surface area contributed by atoms with E-state index in [4.69, 9.17) is 17.3 Å². The molecule has 1 aromatic heterocycles. The van der Waals surface area contributed by atoms with Gasteiger partial charge in [0.15, 0.2) is 0 Å². The summed E-state index contributed by atoms with van der Waals surface area (Å²) >= 11 is 9.43. The lowest BCUT2D eigenvalue weighted by Crippen LogP contribution is -1.96. The molecular formula is C11H9BrClN3. The van der Waals surface area contributed by atoms with E-state index in [0.29, 0.717) is 16.5 Å². The second-order valence-corrected chi connectivity index (χ2v) is 4.46. The fraction of sp³-hybridized carbons (Fsp3) is 0. The number of anilines is 3. The summed E-state index contributed by atoms with van der Waals surface area (Å²) < 4.78 is 0.869. The third kappa shape index (κ3) is 2.46. The Morgan fingerprint density at radius 1 is 1.31 bits per heavy atom. The number of halogens is 2. The second-order valence-electron chi connectivity index (χ2n) is 3.20. The molecule has 0 bridgehead atoms. The molecule has 0 radical (unpaired) electrons. The van der Waals surface area contributed by atoms with Gasteiger partial charge in [0.1, 0.15) is 5.82 Å². The molecule has 2 aromatic rings. The zero-order valence-corrected chi connectivity index (χ0v) is 10.6. The second kappa shape index (κ2) is 4.72. The number of rotatable bonds is 2. The van der Waals surface area contributed by atoms with E-state index < -0.39 is 0 Å². The molecule has 0 aliphatic rings. The lowest BCUT2D eigenvalue weighted by atomic mass is 10.3. The first kappa shape index (κ1) is 11.2. The number of hydrogen-bond donors (Lipinski definition) is 2. The van der Waals surface area contributed by atoms with Crippen LogP contribution in [-0.4, -0.2) is 4.98 Å². The van der Waals surface area contributed by atoms with E-state index >= 15 is 0 Å². The molecule has 0 atom stereocenters. The number of nitrogens with zero attached hydrogens (tertiary/aromatic N) is 1. The average molecular weight is 299 g/mol. The number of pyridine rings is 1. The van der Waals surface area contributed by atoms with Crippen molar-refractivity contribution < 1.29 is 0 Å². The van der Waals surface area contributed by atoms with E-state index in [9.17, 15) is 0 Å². The van der Waals surface area contributed by atoms with Crippen LogP contribution in [0.5, 0.6) is 0 Å². The van der Waals surface area contributed by atoms with Crippen molar-refractivity contribution in [3.63, 3.8) is 0 Å². The summed E-state index contributed by atoms with van der Waals surface area (Å²) in [6, 6.07) is 9.01. The fourth-order valence-corrected chi connectivity index (χ4v) is 1.76. The molecule has 0 aliphatic heterocycles. The van der Waals surface area contributed by atoms with Crippen LogP contribution in [0.4, 0.5) is 17.2 Å². The van der Waals surface area contributed by atoms with Gasteiger partial charge in [-0.05, 0) is 46.3 Å². The largest absolute Gasteiger partial charge is 0.399 e. The van der Waals surface area contributed by atoms with Crippen molar-refractivity contribution in [1.29, 1.82) is 0 Å². The Hall–Kier alpha value is -1.26. The number of nitrogens with two attached hydrogens (primary N) is 1. The molecule has 1 heterocycles. The molecule has 0 saturated carbocycles. The maximum Gasteiger partial charge on any atom is 0.144 e. The Morgan fingerprint density at radius 3 is 2.88 bits per heavy atom. The first-order valence-corrected chi connectivity index (χ1v) is 5.76. The van der Waals surface area contributed by atoms with Gasteiger partial charge in [0, 0.05) is 11.9 Å². The quantitative estimate of drug-likeness (QED) is 0.829. The maximum atomic E-state index is 6.04. The van der Waals surface area contributed by atoms with Gasteiger partial charge in [-0.15, -0.1) is 0 Å². The molecule has 0 fully saturated rings. The molecule has 2 rings (SSSR count). The summed E-state index contributed by atoms with van der Waals surface area (Å²) in [4.78, 5) is 4.19. The van der Waals surface area contributed by atoms with Crippen LogP contribution in [0.1, 0.15) is 0 Å². The van der Waals surface area contributed by atoms with Crippen molar-refractivity contribution in [3.05, 3.63) is 46.0 Å². The first-order valence-electron chi connectivity index (χ1n) is 4.59. The number of nitrogen functional groups attached to an aromatic ring is 1. The van der Waals surface area contributed by atoms with Crippen molar-refractivity contribution >= 4 is 44.7 Å². The summed E-state index contributed by atoms with van der Waals surface area (Å²) in [5.41, 5.74) is 7.08. The number of hydrogen-bond acceptors (Lipinski definition) is 3. The lowest BCUT2D eigenvalue weighted by Gasteiger charge is -2.09. The van der Waals surface area contributed by atoms with Gasteiger partial charge in [-0.25, -0.2) is 4.98 Å². The number of nitrogens with one attached hydrogen (secondary N) is 1. The number of benzene rings is 1. The topological polar surface area (TPSA) is 50.9 Å². The Kier molecular flexibility index (Phi) is 3.31. The van der Waals surface area contributed by atoms with Gasteiger partial charge in [-0.3, -0.25) is 0 Å². The van der Waals surface area contributed by atoms with Crippen molar-refractivity contribution in [3.8, 4) is 0 Å². The summed E-state index contributed by atoms with van der Waals surface area (Å²) in [7, 11) is 0. The van der Waals surface area contributed by atoms with Crippen molar-refractivity contribution in [2.75, 3.05) is 11.1 Å². The van der Waals surface area contributed by atoms with E-state index in [-0.39, 0.29) is 0 Å². The SMILES string of the molecule is Nc1ccc(Cl)c(Nc2ncccc2Br)c1. The third-order valence-electron chi connectivity index (χ3n) is 2.00. The van der Waals surface area contributed by atoms with Gasteiger partial charge in [-0.2, -0.15) is 0 Å². The Bertz CT molecular complexity index is 516. The summed E-state index contributed by atoms with van der Waals surface area (Å²) in [6.45, 7) is 0. The molecule has 0 aliphatic carbocycles. The van der Waals surface area contributed by atoms with Crippen molar-refractivity contribution in [2.24, 2.45) is 0 Å². The van der Waals surface area contributed by atoms with Crippen LogP contribution >= 0.6 is 27.5 Å². The van der Waals surface area contributed by atoms with Crippen LogP contribution in [0.2, 0.25) is 5.02 Å². The monoisotopic (exact) mass is 297 g/mol. The van der Waals surface area contributed by atoms with Gasteiger partial charge in [0.2, 0.25) is 0 Å². The van der Waals surface area contributed by atoms with Gasteiger partial charge in [0.05, 0.1) is 15.2 Å². The molecule has 1 aromatic carbocycles. The summed E-state index contributed by atoms with van der Waals surface area (Å²) in [5.74, 6) is 0.704. The molecule has 5 heteroatoms. The van der Waals surface area contributed by atoms with Crippen LogP contribution in [0.15, 0.2) is 41.0 Å². The molecule has 0 unspecified atom stereocenters. The summed E-state index contributed by atoms with van der Waals surface area (Å²) in [5, 5.41) is 3.71. The minimum Gasteiger partial charge on any atom is -0.399 e. The smallest absolute Gasteiger partial charge is 0.144 e. The number of aromatic nitrogens is 1. The molecule has 0 saturated heterocycles. The molecule has 16 heavy (non-hydrogen) atoms. The third-order valence-corrected chi connectivity index (χ3v) is 2.97. The van der Waals surface area contributed by atoms with Crippen LogP contribution in [0.25, 0.3) is 0 Å². The van der Waals surface area contributed by atoms with Gasteiger partial charge in [0.25, 0.3) is 0 Å².